The molecule has 5 atom stereocenters. The summed E-state index contributed by atoms with van der Waals surface area (Å²) in [5, 5.41) is 28.0. The van der Waals surface area contributed by atoms with Gasteiger partial charge in [-0.05, 0) is 18.6 Å². The Kier molecular flexibility index (Phi) is 9.94. The highest BCUT2D eigenvalue weighted by molar-refractivity contribution is 5.95. The van der Waals surface area contributed by atoms with Crippen LogP contribution in [0.4, 0.5) is 0 Å². The van der Waals surface area contributed by atoms with Crippen LogP contribution in [0.25, 0.3) is 10.9 Å². The smallest absolute Gasteiger partial charge is 0.326 e. The average Bonchev–Trinajstić information content (AvgIpc) is 3.55. The maximum atomic E-state index is 13.2. The number of aliphatic hydroxyl groups is 1. The fraction of sp³-hybridized carbons (Fsp3) is 0.360. The van der Waals surface area contributed by atoms with Crippen molar-refractivity contribution in [2.45, 2.75) is 56.5 Å². The van der Waals surface area contributed by atoms with Crippen LogP contribution in [0.5, 0.6) is 0 Å². The fourth-order valence-corrected chi connectivity index (χ4v) is 4.05. The van der Waals surface area contributed by atoms with Gasteiger partial charge in [0.15, 0.2) is 0 Å². The van der Waals surface area contributed by atoms with Crippen LogP contribution >= 0.6 is 0 Å². The molecule has 0 aliphatic carbocycles. The molecule has 3 rings (SSSR count). The lowest BCUT2D eigenvalue weighted by Gasteiger charge is -2.26. The number of nitrogens with one attached hydrogen (secondary N) is 5. The number of aliphatic hydroxyl groups excluding tert-OH is 1. The number of aromatic amines is 2. The van der Waals surface area contributed by atoms with E-state index in [1.54, 1.807) is 12.3 Å². The quantitative estimate of drug-likeness (QED) is 0.104. The van der Waals surface area contributed by atoms with Gasteiger partial charge in [-0.2, -0.15) is 0 Å². The van der Waals surface area contributed by atoms with Gasteiger partial charge in [-0.3, -0.25) is 19.2 Å². The van der Waals surface area contributed by atoms with E-state index in [4.69, 9.17) is 11.5 Å². The zero-order valence-corrected chi connectivity index (χ0v) is 21.6. The number of amides is 4. The summed E-state index contributed by atoms with van der Waals surface area (Å²) in [5.41, 5.74) is 12.7. The van der Waals surface area contributed by atoms with Gasteiger partial charge in [0, 0.05) is 41.8 Å². The van der Waals surface area contributed by atoms with E-state index in [1.165, 1.54) is 19.4 Å². The normalized spacial score (nSPS) is 14.9. The molecule has 4 amide bonds. The van der Waals surface area contributed by atoms with E-state index in [9.17, 15) is 34.2 Å². The second-order valence-electron chi connectivity index (χ2n) is 9.31. The van der Waals surface area contributed by atoms with Gasteiger partial charge < -0.3 is 47.6 Å². The third kappa shape index (κ3) is 7.87. The highest BCUT2D eigenvalue weighted by atomic mass is 16.4. The van der Waals surface area contributed by atoms with Gasteiger partial charge in [-0.1, -0.05) is 18.2 Å². The average molecular weight is 557 g/mol. The van der Waals surface area contributed by atoms with E-state index < -0.39 is 66.3 Å². The van der Waals surface area contributed by atoms with Crippen LogP contribution in [0.2, 0.25) is 0 Å². The Balaban J connectivity index is 1.74. The first-order valence-electron chi connectivity index (χ1n) is 12.3. The number of para-hydroxylation sites is 1. The first-order chi connectivity index (χ1) is 19.0. The fourth-order valence-electron chi connectivity index (χ4n) is 4.05. The predicted molar refractivity (Wildman–Crippen MR) is 141 cm³/mol. The van der Waals surface area contributed by atoms with Crippen molar-refractivity contribution in [1.29, 1.82) is 0 Å². The van der Waals surface area contributed by atoms with Crippen LogP contribution in [-0.2, 0) is 36.8 Å². The molecule has 15 heteroatoms. The number of H-pyrrole nitrogens is 2. The van der Waals surface area contributed by atoms with Gasteiger partial charge in [0.2, 0.25) is 23.6 Å². The summed E-state index contributed by atoms with van der Waals surface area (Å²) in [6, 6.07) is 1.67. The largest absolute Gasteiger partial charge is 0.480 e. The number of primary amides is 1. The molecule has 1 aromatic carbocycles. The third-order valence-electron chi connectivity index (χ3n) is 6.15. The number of rotatable bonds is 14. The topological polar surface area (TPSA) is 258 Å². The Bertz CT molecular complexity index is 1350. The van der Waals surface area contributed by atoms with Gasteiger partial charge in [-0.15, -0.1) is 0 Å². The van der Waals surface area contributed by atoms with E-state index >= 15 is 0 Å². The summed E-state index contributed by atoms with van der Waals surface area (Å²) >= 11 is 0. The minimum absolute atomic E-state index is 0.0676. The standard InChI is InChI=1S/C25H32N8O7/c1-12(34)21(24(38)32-19(25(39)40)6-13-9-29-17-5-3-2-4-15(13)17)33-23(37)18(7-14-10-28-11-30-14)31-22(36)16(26)8-20(27)35/h2-5,9-12,16,18-19,21,29,34H,6-8,26H2,1H3,(H2,27,35)(H,28,30)(H,31,36)(H,32,38)(H,33,37)(H,39,40). The van der Waals surface area contributed by atoms with E-state index in [0.29, 0.717) is 11.3 Å². The Hall–Kier alpha value is -4.76. The second kappa shape index (κ2) is 13.3. The number of carboxylic acid groups (broad SMARTS) is 1. The van der Waals surface area contributed by atoms with Gasteiger partial charge in [0.1, 0.15) is 18.1 Å². The molecule has 2 aromatic heterocycles. The number of carbonyl (C=O) groups is 5. The Morgan fingerprint density at radius 3 is 2.30 bits per heavy atom. The van der Waals surface area contributed by atoms with E-state index in [0.717, 1.165) is 10.9 Å². The molecule has 0 aliphatic heterocycles. The Morgan fingerprint density at radius 1 is 0.975 bits per heavy atom. The number of benzene rings is 1. The third-order valence-corrected chi connectivity index (χ3v) is 6.15. The molecule has 2 heterocycles. The molecule has 40 heavy (non-hydrogen) atoms. The molecule has 0 fully saturated rings. The maximum Gasteiger partial charge on any atom is 0.326 e. The second-order valence-corrected chi connectivity index (χ2v) is 9.31. The number of carbonyl (C=O) groups excluding carboxylic acids is 4. The number of hydrogen-bond acceptors (Lipinski definition) is 8. The number of nitrogens with zero attached hydrogens (tertiary/aromatic N) is 1. The first-order valence-corrected chi connectivity index (χ1v) is 12.3. The summed E-state index contributed by atoms with van der Waals surface area (Å²) in [6.45, 7) is 1.24. The number of imidazole rings is 1. The Morgan fingerprint density at radius 2 is 1.68 bits per heavy atom. The van der Waals surface area contributed by atoms with Crippen LogP contribution in [-0.4, -0.2) is 85.0 Å². The lowest BCUT2D eigenvalue weighted by molar-refractivity contribution is -0.143. The Labute approximate surface area is 228 Å². The predicted octanol–water partition coefficient (Wildman–Crippen LogP) is -2.20. The molecule has 15 nitrogen and oxygen atoms in total. The summed E-state index contributed by atoms with van der Waals surface area (Å²) in [6.07, 6.45) is 2.34. The van der Waals surface area contributed by atoms with Crippen molar-refractivity contribution in [2.75, 3.05) is 0 Å². The van der Waals surface area contributed by atoms with Crippen molar-refractivity contribution in [3.05, 3.63) is 54.2 Å². The molecule has 3 aromatic rings. The maximum absolute atomic E-state index is 13.2. The van der Waals surface area contributed by atoms with E-state index in [-0.39, 0.29) is 12.8 Å². The minimum Gasteiger partial charge on any atom is -0.480 e. The van der Waals surface area contributed by atoms with Crippen molar-refractivity contribution >= 4 is 40.5 Å². The lowest BCUT2D eigenvalue weighted by atomic mass is 10.0. The number of fused-ring (bicyclic) bond motifs is 1. The summed E-state index contributed by atoms with van der Waals surface area (Å²) < 4.78 is 0. The number of aromatic nitrogens is 3. The molecule has 0 spiro atoms. The monoisotopic (exact) mass is 556 g/mol. The zero-order chi connectivity index (χ0) is 29.4. The van der Waals surface area contributed by atoms with Crippen molar-refractivity contribution in [3.63, 3.8) is 0 Å². The lowest BCUT2D eigenvalue weighted by Crippen LogP contribution is -2.60. The van der Waals surface area contributed by atoms with Gasteiger partial charge in [0.25, 0.3) is 0 Å². The van der Waals surface area contributed by atoms with Crippen molar-refractivity contribution in [3.8, 4) is 0 Å². The molecular formula is C25H32N8O7. The van der Waals surface area contributed by atoms with Gasteiger partial charge >= 0.3 is 5.97 Å². The number of nitrogens with two attached hydrogens (primary N) is 2. The molecule has 0 aliphatic rings. The van der Waals surface area contributed by atoms with Crippen LogP contribution in [0.3, 0.4) is 0 Å². The number of aliphatic carboxylic acids is 1. The van der Waals surface area contributed by atoms with E-state index in [2.05, 4.69) is 30.9 Å². The van der Waals surface area contributed by atoms with Crippen LogP contribution in [0, 0.1) is 0 Å². The molecular weight excluding hydrogens is 524 g/mol. The van der Waals surface area contributed by atoms with Crippen molar-refractivity contribution in [2.24, 2.45) is 11.5 Å². The molecule has 5 unspecified atom stereocenters. The van der Waals surface area contributed by atoms with Crippen LogP contribution < -0.4 is 27.4 Å². The summed E-state index contributed by atoms with van der Waals surface area (Å²) in [5.74, 6) is -4.81. The molecule has 0 radical (unpaired) electrons. The summed E-state index contributed by atoms with van der Waals surface area (Å²) in [7, 11) is 0. The highest BCUT2D eigenvalue weighted by Crippen LogP contribution is 2.19. The van der Waals surface area contributed by atoms with Crippen LogP contribution in [0.1, 0.15) is 24.6 Å². The van der Waals surface area contributed by atoms with Crippen molar-refractivity contribution < 1.29 is 34.2 Å². The molecule has 214 valence electrons. The minimum atomic E-state index is -1.57. The van der Waals surface area contributed by atoms with Gasteiger partial charge in [-0.25, -0.2) is 9.78 Å². The van der Waals surface area contributed by atoms with Crippen LogP contribution in [0.15, 0.2) is 43.0 Å². The molecule has 0 saturated carbocycles. The van der Waals surface area contributed by atoms with E-state index in [1.807, 2.05) is 18.2 Å². The highest BCUT2D eigenvalue weighted by Gasteiger charge is 2.33. The zero-order valence-electron chi connectivity index (χ0n) is 21.6. The number of hydrogen-bond donors (Lipinski definition) is 9. The molecule has 0 bridgehead atoms. The SMILES string of the molecule is CC(O)C(NC(=O)C(Cc1cnc[nH]1)NC(=O)C(N)CC(N)=O)C(=O)NC(Cc1c[nH]c2ccccc12)C(=O)O. The van der Waals surface area contributed by atoms with Crippen molar-refractivity contribution in [1.82, 2.24) is 30.9 Å². The summed E-state index contributed by atoms with van der Waals surface area (Å²) in [4.78, 5) is 71.6. The van der Waals surface area contributed by atoms with Gasteiger partial charge in [0.05, 0.1) is 24.9 Å². The molecule has 11 N–H and O–H groups in total. The number of carboxylic acids is 1. The molecule has 0 saturated heterocycles. The first kappa shape index (κ1) is 29.8.